The quantitative estimate of drug-likeness (QED) is 0.347. The fourth-order valence-electron chi connectivity index (χ4n) is 10.2. The summed E-state index contributed by atoms with van der Waals surface area (Å²) >= 11 is 6.37. The van der Waals surface area contributed by atoms with Crippen molar-refractivity contribution >= 4 is 52.5 Å². The number of rotatable bonds is 6. The number of fused-ring (bicyclic) bond motifs is 2. The Balaban J connectivity index is 0.745. The molecule has 0 bridgehead atoms. The van der Waals surface area contributed by atoms with Gasteiger partial charge < -0.3 is 14.7 Å². The zero-order valence-electron chi connectivity index (χ0n) is 32.0. The lowest BCUT2D eigenvalue weighted by Gasteiger charge is -2.40. The third-order valence-electron chi connectivity index (χ3n) is 13.3. The molecule has 0 saturated carbocycles. The van der Waals surface area contributed by atoms with Crippen molar-refractivity contribution in [1.29, 1.82) is 5.26 Å². The van der Waals surface area contributed by atoms with Gasteiger partial charge >= 0.3 is 0 Å². The predicted octanol–water partition coefficient (Wildman–Crippen LogP) is 4.76. The maximum Gasteiger partial charge on any atom is 0.272 e. The first kappa shape index (κ1) is 37.3. The number of aromatic nitrogens is 1. The summed E-state index contributed by atoms with van der Waals surface area (Å²) in [5, 5.41) is 12.0. The topological polar surface area (TPSA) is 150 Å². The Morgan fingerprint density at radius 3 is 2.23 bits per heavy atom. The third-order valence-corrected chi connectivity index (χ3v) is 13.6. The number of nitriles is 1. The molecule has 0 radical (unpaired) electrons. The second-order valence-corrected chi connectivity index (χ2v) is 17.3. The SMILES string of the molecule is C[C@H]1CC2(CCN(c3ccc(C(=O)N4CCC(CN5Cc6cc7c(cc6C5)C(=O)N(C5CCC(=O)NC5=O)C7=O)CC4)nc3)CC2)CN1c1ccc(C#N)c(Cl)c1. The van der Waals surface area contributed by atoms with Crippen LogP contribution < -0.4 is 15.1 Å². The molecule has 9 rings (SSSR count). The van der Waals surface area contributed by atoms with Crippen LogP contribution >= 0.6 is 11.6 Å². The Labute approximate surface area is 336 Å². The van der Waals surface area contributed by atoms with Crippen molar-refractivity contribution in [1.82, 2.24) is 25.0 Å². The number of halogens is 1. The molecule has 1 aromatic heterocycles. The number of hydrogen-bond acceptors (Lipinski definition) is 10. The van der Waals surface area contributed by atoms with Crippen molar-refractivity contribution in [3.8, 4) is 6.07 Å². The predicted molar refractivity (Wildman–Crippen MR) is 212 cm³/mol. The minimum absolute atomic E-state index is 0.0377. The summed E-state index contributed by atoms with van der Waals surface area (Å²) in [6.45, 7) is 8.63. The van der Waals surface area contributed by atoms with Crippen LogP contribution in [0.3, 0.4) is 0 Å². The Morgan fingerprint density at radius 2 is 1.61 bits per heavy atom. The van der Waals surface area contributed by atoms with Crippen LogP contribution in [0.4, 0.5) is 11.4 Å². The van der Waals surface area contributed by atoms with Gasteiger partial charge in [-0.1, -0.05) is 11.6 Å². The normalized spacial score (nSPS) is 23.6. The summed E-state index contributed by atoms with van der Waals surface area (Å²) in [5.74, 6) is -1.59. The van der Waals surface area contributed by atoms with Crippen molar-refractivity contribution in [2.24, 2.45) is 11.3 Å². The molecule has 13 nitrogen and oxygen atoms in total. The molecule has 14 heteroatoms. The van der Waals surface area contributed by atoms with E-state index in [0.717, 1.165) is 85.7 Å². The van der Waals surface area contributed by atoms with Gasteiger partial charge in [0.1, 0.15) is 17.8 Å². The van der Waals surface area contributed by atoms with Gasteiger partial charge in [0.25, 0.3) is 17.7 Å². The molecule has 0 aliphatic carbocycles. The number of likely N-dealkylation sites (tertiary alicyclic amines) is 1. The molecule has 1 unspecified atom stereocenters. The number of carbonyl (C=O) groups excluding carboxylic acids is 5. The first-order valence-corrected chi connectivity index (χ1v) is 20.4. The van der Waals surface area contributed by atoms with E-state index in [0.29, 0.717) is 65.5 Å². The van der Waals surface area contributed by atoms with E-state index in [-0.39, 0.29) is 24.2 Å². The number of carbonyl (C=O) groups is 5. The van der Waals surface area contributed by atoms with Crippen molar-refractivity contribution < 1.29 is 24.0 Å². The van der Waals surface area contributed by atoms with Crippen LogP contribution in [0.5, 0.6) is 0 Å². The van der Waals surface area contributed by atoms with E-state index in [2.05, 4.69) is 38.0 Å². The highest BCUT2D eigenvalue weighted by Gasteiger charge is 2.46. The number of anilines is 2. The molecular formula is C43H45ClN8O5. The molecule has 6 aliphatic heterocycles. The molecule has 6 aliphatic rings. The second-order valence-electron chi connectivity index (χ2n) is 16.9. The average molecular weight is 789 g/mol. The molecule has 1 N–H and O–H groups in total. The van der Waals surface area contributed by atoms with E-state index in [4.69, 9.17) is 11.6 Å². The largest absolute Gasteiger partial charge is 0.370 e. The lowest BCUT2D eigenvalue weighted by molar-refractivity contribution is -0.136. The van der Waals surface area contributed by atoms with E-state index in [9.17, 15) is 29.2 Å². The highest BCUT2D eigenvalue weighted by Crippen LogP contribution is 2.46. The van der Waals surface area contributed by atoms with Crippen LogP contribution in [-0.2, 0) is 22.7 Å². The van der Waals surface area contributed by atoms with Gasteiger partial charge in [-0.2, -0.15) is 5.26 Å². The fraction of sp³-hybridized carbons (Fsp3) is 0.465. The lowest BCUT2D eigenvalue weighted by Crippen LogP contribution is -2.54. The van der Waals surface area contributed by atoms with E-state index in [1.54, 1.807) is 12.1 Å². The van der Waals surface area contributed by atoms with E-state index in [1.165, 1.54) is 0 Å². The molecule has 4 saturated heterocycles. The summed E-state index contributed by atoms with van der Waals surface area (Å²) in [4.78, 5) is 78.9. The second kappa shape index (κ2) is 14.6. The summed E-state index contributed by atoms with van der Waals surface area (Å²) in [6.07, 6.45) is 7.10. The maximum atomic E-state index is 13.5. The number of amides is 5. The van der Waals surface area contributed by atoms with Gasteiger partial charge in [-0.25, -0.2) is 4.98 Å². The van der Waals surface area contributed by atoms with E-state index >= 15 is 0 Å². The average Bonchev–Trinajstić information content (AvgIpc) is 3.84. The van der Waals surface area contributed by atoms with E-state index < -0.39 is 29.7 Å². The molecule has 2 atom stereocenters. The molecule has 294 valence electrons. The van der Waals surface area contributed by atoms with Gasteiger partial charge in [0, 0.05) is 70.5 Å². The minimum Gasteiger partial charge on any atom is -0.370 e. The molecule has 3 aromatic rings. The van der Waals surface area contributed by atoms with Crippen molar-refractivity contribution in [3.05, 3.63) is 87.2 Å². The number of nitrogens with zero attached hydrogens (tertiary/aromatic N) is 7. The van der Waals surface area contributed by atoms with Crippen LogP contribution in [0.15, 0.2) is 48.7 Å². The van der Waals surface area contributed by atoms with Crippen LogP contribution in [0.1, 0.15) is 99.8 Å². The highest BCUT2D eigenvalue weighted by atomic mass is 35.5. The lowest BCUT2D eigenvalue weighted by atomic mass is 9.76. The molecular weight excluding hydrogens is 744 g/mol. The van der Waals surface area contributed by atoms with Crippen LogP contribution in [0.2, 0.25) is 5.02 Å². The van der Waals surface area contributed by atoms with Crippen molar-refractivity contribution in [3.63, 3.8) is 0 Å². The Morgan fingerprint density at radius 1 is 0.930 bits per heavy atom. The third kappa shape index (κ3) is 6.82. The monoisotopic (exact) mass is 788 g/mol. The number of piperidine rings is 3. The number of benzene rings is 2. The first-order valence-electron chi connectivity index (χ1n) is 20.1. The fourth-order valence-corrected chi connectivity index (χ4v) is 10.4. The minimum atomic E-state index is -0.971. The Kier molecular flexibility index (Phi) is 9.52. The number of hydrogen-bond donors (Lipinski definition) is 1. The molecule has 1 spiro atoms. The zero-order chi connectivity index (χ0) is 39.6. The molecule has 2 aromatic carbocycles. The molecule has 4 fully saturated rings. The first-order chi connectivity index (χ1) is 27.5. The maximum absolute atomic E-state index is 13.5. The van der Waals surface area contributed by atoms with Crippen molar-refractivity contribution in [2.45, 2.75) is 77.0 Å². The highest BCUT2D eigenvalue weighted by molar-refractivity contribution is 6.32. The number of imide groups is 2. The van der Waals surface area contributed by atoms with Crippen molar-refractivity contribution in [2.75, 3.05) is 49.1 Å². The molecule has 57 heavy (non-hydrogen) atoms. The summed E-state index contributed by atoms with van der Waals surface area (Å²) in [7, 11) is 0. The van der Waals surface area contributed by atoms with E-state index in [1.807, 2.05) is 41.4 Å². The van der Waals surface area contributed by atoms with Crippen LogP contribution in [0, 0.1) is 22.7 Å². The van der Waals surface area contributed by atoms with Crippen LogP contribution in [-0.4, -0.2) is 101 Å². The Hall–Kier alpha value is -5.32. The molecule has 5 amide bonds. The zero-order valence-corrected chi connectivity index (χ0v) is 32.8. The Bertz CT molecular complexity index is 2180. The van der Waals surface area contributed by atoms with Gasteiger partial charge in [0.15, 0.2) is 0 Å². The van der Waals surface area contributed by atoms with Gasteiger partial charge in [-0.05, 0) is 110 Å². The summed E-state index contributed by atoms with van der Waals surface area (Å²) < 4.78 is 0. The van der Waals surface area contributed by atoms with Gasteiger partial charge in [0.05, 0.1) is 33.6 Å². The van der Waals surface area contributed by atoms with Gasteiger partial charge in [0.2, 0.25) is 11.8 Å². The smallest absolute Gasteiger partial charge is 0.272 e. The summed E-state index contributed by atoms with van der Waals surface area (Å²) in [6, 6.07) is 14.8. The van der Waals surface area contributed by atoms with Crippen LogP contribution in [0.25, 0.3) is 0 Å². The standard InChI is InChI=1S/C43H45ClN8O5/c1-26-19-43(25-51(26)31-3-2-28(20-45)35(44)18-31)10-14-49(15-11-43)32-4-5-36(46-21-32)42(57)50-12-8-27(9-13-50)22-48-23-29-16-33-34(17-30(29)24-48)41(56)52(40(33)55)37-6-7-38(53)47-39(37)54/h2-5,16-18,21,26-27,37H,6-15,19,22-25H2,1H3,(H,47,53,54)/t26-,37?/m0/s1. The van der Waals surface area contributed by atoms with Gasteiger partial charge in [-0.15, -0.1) is 0 Å². The van der Waals surface area contributed by atoms with Gasteiger partial charge in [-0.3, -0.25) is 39.1 Å². The summed E-state index contributed by atoms with van der Waals surface area (Å²) in [5.41, 5.74) is 5.97. The molecule has 7 heterocycles. The number of nitrogens with one attached hydrogen (secondary N) is 1. The number of pyridine rings is 1.